The molecule has 2 rings (SSSR count). The van der Waals surface area contributed by atoms with Crippen LogP contribution in [0, 0.1) is 0 Å². The highest BCUT2D eigenvalue weighted by Crippen LogP contribution is 2.11. The van der Waals surface area contributed by atoms with Gasteiger partial charge in [0.15, 0.2) is 0 Å². The Bertz CT molecular complexity index is 732. The number of hydrogen-bond acceptors (Lipinski definition) is 3. The van der Waals surface area contributed by atoms with Crippen LogP contribution < -0.4 is 10.6 Å². The first kappa shape index (κ1) is 19.5. The highest BCUT2D eigenvalue weighted by atomic mass is 35.5. The molecule has 0 saturated carbocycles. The monoisotopic (exact) mass is 372 g/mol. The predicted octanol–water partition coefficient (Wildman–Crippen LogP) is 3.48. The largest absolute Gasteiger partial charge is 0.445 e. The molecule has 1 atom stereocenters. The third kappa shape index (κ3) is 6.61. The first-order valence-electron chi connectivity index (χ1n) is 8.18. The molecule has 5 nitrogen and oxygen atoms in total. The van der Waals surface area contributed by atoms with Crippen molar-refractivity contribution in [1.29, 1.82) is 0 Å². The van der Waals surface area contributed by atoms with Gasteiger partial charge in [-0.3, -0.25) is 4.79 Å². The van der Waals surface area contributed by atoms with Crippen LogP contribution in [0.4, 0.5) is 4.79 Å². The number of benzene rings is 2. The van der Waals surface area contributed by atoms with Crippen LogP contribution in [-0.2, 0) is 22.6 Å². The maximum atomic E-state index is 12.3. The summed E-state index contributed by atoms with van der Waals surface area (Å²) in [4.78, 5) is 24.4. The van der Waals surface area contributed by atoms with Crippen LogP contribution in [0.1, 0.15) is 11.1 Å². The van der Waals surface area contributed by atoms with Gasteiger partial charge in [-0.2, -0.15) is 0 Å². The Kier molecular flexibility index (Phi) is 7.71. The number of hydrogen-bond donors (Lipinski definition) is 2. The van der Waals surface area contributed by atoms with Gasteiger partial charge in [0.25, 0.3) is 0 Å². The van der Waals surface area contributed by atoms with Gasteiger partial charge >= 0.3 is 6.09 Å². The molecule has 2 N–H and O–H groups in total. The van der Waals surface area contributed by atoms with Crippen LogP contribution in [0.3, 0.4) is 0 Å². The molecule has 0 saturated heterocycles. The fourth-order valence-corrected chi connectivity index (χ4v) is 2.39. The highest BCUT2D eigenvalue weighted by molar-refractivity contribution is 6.30. The number of ether oxygens (including phenoxy) is 1. The van der Waals surface area contributed by atoms with E-state index in [1.165, 1.54) is 0 Å². The van der Waals surface area contributed by atoms with E-state index >= 15 is 0 Å². The average Bonchev–Trinajstić information content (AvgIpc) is 2.66. The second-order valence-electron chi connectivity index (χ2n) is 5.62. The molecular weight excluding hydrogens is 352 g/mol. The molecule has 0 aliphatic rings. The highest BCUT2D eigenvalue weighted by Gasteiger charge is 2.21. The van der Waals surface area contributed by atoms with Gasteiger partial charge in [0.05, 0.1) is 0 Å². The molecule has 6 heteroatoms. The lowest BCUT2D eigenvalue weighted by molar-refractivity contribution is -0.122. The van der Waals surface area contributed by atoms with Crippen molar-refractivity contribution in [3.05, 3.63) is 83.4 Å². The van der Waals surface area contributed by atoms with Crippen LogP contribution in [0.2, 0.25) is 5.02 Å². The summed E-state index contributed by atoms with van der Waals surface area (Å²) in [5, 5.41) is 5.92. The third-order valence-corrected chi connectivity index (χ3v) is 3.85. The molecule has 136 valence electrons. The van der Waals surface area contributed by atoms with E-state index in [-0.39, 0.29) is 12.5 Å². The summed E-state index contributed by atoms with van der Waals surface area (Å²) >= 11 is 5.88. The van der Waals surface area contributed by atoms with Gasteiger partial charge in [-0.1, -0.05) is 60.1 Å². The van der Waals surface area contributed by atoms with E-state index in [0.717, 1.165) is 11.1 Å². The number of nitrogens with one attached hydrogen (secondary N) is 2. The van der Waals surface area contributed by atoms with Crippen LogP contribution in [0.15, 0.2) is 67.3 Å². The molecule has 0 spiro atoms. The van der Waals surface area contributed by atoms with Crippen molar-refractivity contribution >= 4 is 23.6 Å². The molecule has 2 aromatic carbocycles. The summed E-state index contributed by atoms with van der Waals surface area (Å²) in [5.41, 5.74) is 1.74. The molecule has 0 heterocycles. The van der Waals surface area contributed by atoms with Crippen molar-refractivity contribution < 1.29 is 14.3 Å². The molecule has 2 amide bonds. The zero-order chi connectivity index (χ0) is 18.8. The summed E-state index contributed by atoms with van der Waals surface area (Å²) in [6, 6.07) is 15.7. The lowest BCUT2D eigenvalue weighted by Gasteiger charge is -2.18. The van der Waals surface area contributed by atoms with Crippen LogP contribution >= 0.6 is 11.6 Å². The van der Waals surface area contributed by atoms with Gasteiger partial charge < -0.3 is 15.4 Å². The number of carbonyl (C=O) groups is 2. The van der Waals surface area contributed by atoms with Crippen LogP contribution in [-0.4, -0.2) is 24.6 Å². The molecule has 0 aliphatic heterocycles. The molecule has 0 radical (unpaired) electrons. The Balaban J connectivity index is 1.97. The fourth-order valence-electron chi connectivity index (χ4n) is 2.27. The molecule has 0 aliphatic carbocycles. The van der Waals surface area contributed by atoms with Gasteiger partial charge in [-0.05, 0) is 23.3 Å². The van der Waals surface area contributed by atoms with E-state index in [1.54, 1.807) is 18.2 Å². The summed E-state index contributed by atoms with van der Waals surface area (Å²) < 4.78 is 5.20. The summed E-state index contributed by atoms with van der Waals surface area (Å²) in [5.74, 6) is -0.309. The van der Waals surface area contributed by atoms with E-state index < -0.39 is 12.1 Å². The summed E-state index contributed by atoms with van der Waals surface area (Å²) in [7, 11) is 0. The minimum atomic E-state index is -0.764. The van der Waals surface area contributed by atoms with Gasteiger partial charge in [0, 0.05) is 18.0 Å². The molecule has 0 bridgehead atoms. The van der Waals surface area contributed by atoms with Gasteiger partial charge in [-0.25, -0.2) is 4.79 Å². The Morgan fingerprint density at radius 1 is 1.08 bits per heavy atom. The van der Waals surface area contributed by atoms with Gasteiger partial charge in [-0.15, -0.1) is 6.58 Å². The average molecular weight is 373 g/mol. The number of amides is 2. The quantitative estimate of drug-likeness (QED) is 0.697. The van der Waals surface area contributed by atoms with Gasteiger partial charge in [0.1, 0.15) is 12.6 Å². The minimum absolute atomic E-state index is 0.134. The van der Waals surface area contributed by atoms with Crippen molar-refractivity contribution in [2.75, 3.05) is 6.54 Å². The Labute approximate surface area is 158 Å². The van der Waals surface area contributed by atoms with Crippen LogP contribution in [0.5, 0.6) is 0 Å². The van der Waals surface area contributed by atoms with Crippen molar-refractivity contribution in [1.82, 2.24) is 10.6 Å². The lowest BCUT2D eigenvalue weighted by atomic mass is 10.1. The van der Waals surface area contributed by atoms with Gasteiger partial charge in [0.2, 0.25) is 5.91 Å². The van der Waals surface area contributed by atoms with Crippen LogP contribution in [0.25, 0.3) is 0 Å². The summed E-state index contributed by atoms with van der Waals surface area (Å²) in [6.45, 7) is 4.02. The fraction of sp³-hybridized carbons (Fsp3) is 0.200. The molecule has 0 fully saturated rings. The Morgan fingerprint density at radius 3 is 2.42 bits per heavy atom. The zero-order valence-electron chi connectivity index (χ0n) is 14.3. The van der Waals surface area contributed by atoms with E-state index in [0.29, 0.717) is 18.0 Å². The standard InChI is InChI=1S/C20H21ClN2O3/c1-2-12-22-19(24)18(13-15-8-10-17(21)11-9-15)23-20(25)26-14-16-6-4-3-5-7-16/h2-11,18H,1,12-14H2,(H,22,24)(H,23,25)/t18-/m1/s1. The maximum absolute atomic E-state index is 12.3. The second-order valence-corrected chi connectivity index (χ2v) is 6.06. The van der Waals surface area contributed by atoms with E-state index in [2.05, 4.69) is 17.2 Å². The number of rotatable bonds is 8. The number of halogens is 1. The Morgan fingerprint density at radius 2 is 1.77 bits per heavy atom. The normalized spacial score (nSPS) is 11.3. The second kappa shape index (κ2) is 10.3. The molecule has 26 heavy (non-hydrogen) atoms. The van der Waals surface area contributed by atoms with E-state index in [1.807, 2.05) is 42.5 Å². The number of alkyl carbamates (subject to hydrolysis) is 1. The predicted molar refractivity (Wildman–Crippen MR) is 102 cm³/mol. The van der Waals surface area contributed by atoms with E-state index in [9.17, 15) is 9.59 Å². The molecular formula is C20H21ClN2O3. The molecule has 0 aromatic heterocycles. The van der Waals surface area contributed by atoms with Crippen molar-refractivity contribution in [3.63, 3.8) is 0 Å². The maximum Gasteiger partial charge on any atom is 0.408 e. The van der Waals surface area contributed by atoms with Crippen molar-refractivity contribution in [3.8, 4) is 0 Å². The SMILES string of the molecule is C=CCNC(=O)[C@@H](Cc1ccc(Cl)cc1)NC(=O)OCc1ccccc1. The Hall–Kier alpha value is -2.79. The first-order valence-corrected chi connectivity index (χ1v) is 8.56. The lowest BCUT2D eigenvalue weighted by Crippen LogP contribution is -2.48. The molecule has 0 unspecified atom stereocenters. The van der Waals surface area contributed by atoms with Crippen molar-refractivity contribution in [2.45, 2.75) is 19.1 Å². The topological polar surface area (TPSA) is 67.4 Å². The number of carbonyl (C=O) groups excluding carboxylic acids is 2. The molecule has 2 aromatic rings. The first-order chi connectivity index (χ1) is 12.6. The van der Waals surface area contributed by atoms with E-state index in [4.69, 9.17) is 16.3 Å². The zero-order valence-corrected chi connectivity index (χ0v) is 15.0. The summed E-state index contributed by atoms with van der Waals surface area (Å²) in [6.07, 6.45) is 1.24. The minimum Gasteiger partial charge on any atom is -0.445 e. The smallest absolute Gasteiger partial charge is 0.408 e. The third-order valence-electron chi connectivity index (χ3n) is 3.60. The van der Waals surface area contributed by atoms with Crippen molar-refractivity contribution in [2.24, 2.45) is 0 Å².